The Kier molecular flexibility index (Phi) is 6.60. The van der Waals surface area contributed by atoms with Crippen LogP contribution in [0.3, 0.4) is 0 Å². The van der Waals surface area contributed by atoms with Gasteiger partial charge in [0.1, 0.15) is 0 Å². The van der Waals surface area contributed by atoms with Gasteiger partial charge in [-0.3, -0.25) is 0 Å². The fourth-order valence-corrected chi connectivity index (χ4v) is 7.79. The van der Waals surface area contributed by atoms with E-state index in [0.717, 1.165) is 6.54 Å². The molecule has 0 unspecified atom stereocenters. The fraction of sp³-hybridized carbons (Fsp3) is 0.190. The van der Waals surface area contributed by atoms with E-state index in [-0.39, 0.29) is 0 Å². The van der Waals surface area contributed by atoms with E-state index < -0.39 is 0 Å². The number of benzene rings is 6. The molecule has 1 N–H and O–H groups in total. The van der Waals surface area contributed by atoms with Crippen molar-refractivity contribution in [2.45, 2.75) is 44.9 Å². The van der Waals surface area contributed by atoms with Crippen molar-refractivity contribution >= 4 is 37.9 Å². The molecular formula is C42H37N. The molecule has 1 nitrogen and oxygen atoms in total. The van der Waals surface area contributed by atoms with Gasteiger partial charge in [-0.15, -0.1) is 0 Å². The fourth-order valence-electron chi connectivity index (χ4n) is 7.79. The van der Waals surface area contributed by atoms with Crippen LogP contribution in [0.1, 0.15) is 56.1 Å². The molecule has 0 aromatic heterocycles. The number of nitrogens with one attached hydrogen (secondary N) is 1. The summed E-state index contributed by atoms with van der Waals surface area (Å²) in [6, 6.07) is 41.2. The quantitative estimate of drug-likeness (QED) is 0.213. The molecule has 1 aliphatic carbocycles. The lowest BCUT2D eigenvalue weighted by molar-refractivity contribution is 0.445. The van der Waals surface area contributed by atoms with Crippen LogP contribution in [0.2, 0.25) is 0 Å². The van der Waals surface area contributed by atoms with Gasteiger partial charge in [0.05, 0.1) is 0 Å². The van der Waals surface area contributed by atoms with E-state index in [9.17, 15) is 0 Å². The van der Waals surface area contributed by atoms with Crippen LogP contribution >= 0.6 is 0 Å². The van der Waals surface area contributed by atoms with Gasteiger partial charge in [-0.25, -0.2) is 0 Å². The SMILES string of the molecule is CC1=CCNC=C1c1cccc(-c2c3ccccc3c(-c3ccc(C4CCCCC4)c4ccccc34)c3ccccc23)c1. The van der Waals surface area contributed by atoms with Gasteiger partial charge < -0.3 is 5.32 Å². The Balaban J connectivity index is 1.39. The number of hydrogen-bond acceptors (Lipinski definition) is 1. The smallest absolute Gasteiger partial charge is 0.0331 e. The highest BCUT2D eigenvalue weighted by molar-refractivity contribution is 6.23. The van der Waals surface area contributed by atoms with Crippen molar-refractivity contribution in [2.24, 2.45) is 0 Å². The average molecular weight is 556 g/mol. The summed E-state index contributed by atoms with van der Waals surface area (Å²) in [5.74, 6) is 0.670. The number of dihydropyridines is 1. The van der Waals surface area contributed by atoms with Crippen molar-refractivity contribution in [1.29, 1.82) is 0 Å². The molecule has 0 atom stereocenters. The van der Waals surface area contributed by atoms with Gasteiger partial charge in [0.2, 0.25) is 0 Å². The highest BCUT2D eigenvalue weighted by atomic mass is 14.8. The lowest BCUT2D eigenvalue weighted by atomic mass is 9.79. The van der Waals surface area contributed by atoms with Gasteiger partial charge >= 0.3 is 0 Å². The summed E-state index contributed by atoms with van der Waals surface area (Å²) in [7, 11) is 0. The summed E-state index contributed by atoms with van der Waals surface area (Å²) in [6.07, 6.45) is 11.1. The van der Waals surface area contributed by atoms with E-state index in [2.05, 4.69) is 134 Å². The second-order valence-electron chi connectivity index (χ2n) is 12.4. The van der Waals surface area contributed by atoms with Gasteiger partial charge in [0, 0.05) is 18.3 Å². The van der Waals surface area contributed by atoms with Gasteiger partial charge in [-0.1, -0.05) is 128 Å². The zero-order valence-electron chi connectivity index (χ0n) is 24.9. The van der Waals surface area contributed by atoms with Crippen LogP contribution in [0.15, 0.2) is 127 Å². The Hall–Kier alpha value is -4.62. The first-order valence-electron chi connectivity index (χ1n) is 15.9. The summed E-state index contributed by atoms with van der Waals surface area (Å²) in [5.41, 5.74) is 10.6. The molecule has 2 aliphatic rings. The number of allylic oxidation sites excluding steroid dienone is 2. The molecule has 1 fully saturated rings. The minimum atomic E-state index is 0.670. The Morgan fingerprint density at radius 3 is 1.84 bits per heavy atom. The van der Waals surface area contributed by atoms with E-state index in [4.69, 9.17) is 0 Å². The molecule has 1 heteroatoms. The highest BCUT2D eigenvalue weighted by Crippen LogP contribution is 2.47. The third-order valence-corrected chi connectivity index (χ3v) is 9.86. The summed E-state index contributed by atoms with van der Waals surface area (Å²) in [5, 5.41) is 11.4. The Morgan fingerprint density at radius 1 is 0.558 bits per heavy atom. The average Bonchev–Trinajstić information content (AvgIpc) is 3.07. The Labute approximate surface area is 254 Å². The second kappa shape index (κ2) is 10.9. The van der Waals surface area contributed by atoms with Crippen molar-refractivity contribution in [3.63, 3.8) is 0 Å². The summed E-state index contributed by atoms with van der Waals surface area (Å²) in [6.45, 7) is 3.10. The van der Waals surface area contributed by atoms with Crippen molar-refractivity contribution in [2.75, 3.05) is 6.54 Å². The lowest BCUT2D eigenvalue weighted by Gasteiger charge is -2.25. The predicted molar refractivity (Wildman–Crippen MR) is 185 cm³/mol. The molecule has 210 valence electrons. The Morgan fingerprint density at radius 2 is 1.16 bits per heavy atom. The van der Waals surface area contributed by atoms with Gasteiger partial charge in [0.15, 0.2) is 0 Å². The molecule has 0 saturated heterocycles. The van der Waals surface area contributed by atoms with Gasteiger partial charge in [-0.2, -0.15) is 0 Å². The number of hydrogen-bond donors (Lipinski definition) is 1. The summed E-state index contributed by atoms with van der Waals surface area (Å²) in [4.78, 5) is 0. The summed E-state index contributed by atoms with van der Waals surface area (Å²) < 4.78 is 0. The van der Waals surface area contributed by atoms with Crippen LogP contribution in [-0.2, 0) is 0 Å². The minimum absolute atomic E-state index is 0.670. The lowest BCUT2D eigenvalue weighted by Crippen LogP contribution is -2.11. The van der Waals surface area contributed by atoms with Crippen LogP contribution < -0.4 is 5.32 Å². The summed E-state index contributed by atoms with van der Waals surface area (Å²) >= 11 is 0. The molecule has 43 heavy (non-hydrogen) atoms. The molecule has 8 rings (SSSR count). The minimum Gasteiger partial charge on any atom is -0.387 e. The second-order valence-corrected chi connectivity index (χ2v) is 12.4. The van der Waals surface area contributed by atoms with Gasteiger partial charge in [-0.05, 0) is 103 Å². The topological polar surface area (TPSA) is 12.0 Å². The largest absolute Gasteiger partial charge is 0.387 e. The predicted octanol–water partition coefficient (Wildman–Crippen LogP) is 11.4. The van der Waals surface area contributed by atoms with Crippen molar-refractivity contribution < 1.29 is 0 Å². The van der Waals surface area contributed by atoms with E-state index in [1.54, 1.807) is 0 Å². The third kappa shape index (κ3) is 4.46. The molecule has 1 heterocycles. The molecule has 6 aromatic rings. The highest BCUT2D eigenvalue weighted by Gasteiger charge is 2.22. The van der Waals surface area contributed by atoms with Crippen LogP contribution in [0.4, 0.5) is 0 Å². The molecule has 0 spiro atoms. The molecule has 0 bridgehead atoms. The molecule has 0 radical (unpaired) electrons. The van der Waals surface area contributed by atoms with Crippen molar-refractivity contribution in [1.82, 2.24) is 5.32 Å². The van der Waals surface area contributed by atoms with E-state index in [1.807, 2.05) is 0 Å². The number of rotatable bonds is 4. The first kappa shape index (κ1) is 26.0. The first-order chi connectivity index (χ1) is 21.3. The normalized spacial score (nSPS) is 15.8. The molecule has 1 saturated carbocycles. The van der Waals surface area contributed by atoms with Crippen LogP contribution in [0, 0.1) is 0 Å². The molecule has 1 aliphatic heterocycles. The molecule has 6 aromatic carbocycles. The van der Waals surface area contributed by atoms with Crippen LogP contribution in [0.5, 0.6) is 0 Å². The maximum Gasteiger partial charge on any atom is 0.0331 e. The van der Waals surface area contributed by atoms with Crippen LogP contribution in [0.25, 0.3) is 60.1 Å². The maximum atomic E-state index is 3.41. The molecular weight excluding hydrogens is 518 g/mol. The standard InChI is InChI=1S/C42H37N/c1-28-24-25-43-27-40(28)30-14-11-15-31(26-30)41-35-18-7-9-20-37(35)42(38-21-10-8-19-36(38)41)39-23-22-32(29-12-3-2-4-13-29)33-16-5-6-17-34(33)39/h5-11,14-24,26-27,29,43H,2-4,12-13,25H2,1H3. The Bertz CT molecular complexity index is 2010. The maximum absolute atomic E-state index is 3.41. The third-order valence-electron chi connectivity index (χ3n) is 9.86. The zero-order valence-corrected chi connectivity index (χ0v) is 24.9. The molecule has 0 amide bonds. The monoisotopic (exact) mass is 555 g/mol. The zero-order chi connectivity index (χ0) is 28.8. The van der Waals surface area contributed by atoms with Crippen molar-refractivity contribution in [3.05, 3.63) is 138 Å². The van der Waals surface area contributed by atoms with Crippen molar-refractivity contribution in [3.8, 4) is 22.3 Å². The van der Waals surface area contributed by atoms with E-state index >= 15 is 0 Å². The van der Waals surface area contributed by atoms with E-state index in [1.165, 1.54) is 109 Å². The van der Waals surface area contributed by atoms with Crippen LogP contribution in [-0.4, -0.2) is 6.54 Å². The number of fused-ring (bicyclic) bond motifs is 3. The van der Waals surface area contributed by atoms with Gasteiger partial charge in [0.25, 0.3) is 0 Å². The first-order valence-corrected chi connectivity index (χ1v) is 15.9. The van der Waals surface area contributed by atoms with E-state index in [0.29, 0.717) is 5.92 Å².